The van der Waals surface area contributed by atoms with Crippen LogP contribution in [0.25, 0.3) is 11.3 Å². The fourth-order valence-corrected chi connectivity index (χ4v) is 3.32. The Kier molecular flexibility index (Phi) is 7.78. The number of aryl methyl sites for hydroxylation is 2. The quantitative estimate of drug-likeness (QED) is 0.559. The summed E-state index contributed by atoms with van der Waals surface area (Å²) in [5.41, 5.74) is 4.13. The molecule has 1 heterocycles. The van der Waals surface area contributed by atoms with Crippen LogP contribution in [0.15, 0.2) is 59.1 Å². The predicted octanol–water partition coefficient (Wildman–Crippen LogP) is 3.28. The highest BCUT2D eigenvalue weighted by molar-refractivity contribution is 5.95. The van der Waals surface area contributed by atoms with Crippen LogP contribution in [0.1, 0.15) is 27.2 Å². The second-order valence-electron chi connectivity index (χ2n) is 8.19. The second-order valence-corrected chi connectivity index (χ2v) is 8.19. The van der Waals surface area contributed by atoms with Gasteiger partial charge in [0.2, 0.25) is 5.91 Å². The molecule has 0 aliphatic heterocycles. The Hall–Kier alpha value is -3.45. The highest BCUT2D eigenvalue weighted by Crippen LogP contribution is 2.26. The van der Waals surface area contributed by atoms with Gasteiger partial charge in [0, 0.05) is 31.3 Å². The number of hydrogen-bond donors (Lipinski definition) is 1. The van der Waals surface area contributed by atoms with Crippen LogP contribution in [0, 0.1) is 13.8 Å². The molecule has 0 saturated heterocycles. The molecule has 0 aliphatic carbocycles. The standard InChI is InChI=1S/C25H30N4O3/c1-18-10-11-19(2)21(14-18)23-15-22(27-32-23)25(31)29(16-20-8-6-5-7-9-20)17-24(30)26-12-13-28(3)4/h5-11,14-15H,12-13,16-17H2,1-4H3,(H,26,30). The van der Waals surface area contributed by atoms with E-state index in [4.69, 9.17) is 4.52 Å². The molecular weight excluding hydrogens is 404 g/mol. The van der Waals surface area contributed by atoms with Crippen molar-refractivity contribution < 1.29 is 14.1 Å². The van der Waals surface area contributed by atoms with E-state index in [0.29, 0.717) is 18.8 Å². The molecule has 0 saturated carbocycles. The Morgan fingerprint density at radius 3 is 2.50 bits per heavy atom. The van der Waals surface area contributed by atoms with Crippen LogP contribution in [-0.4, -0.2) is 60.5 Å². The average Bonchev–Trinajstić information content (AvgIpc) is 3.25. The predicted molar refractivity (Wildman–Crippen MR) is 124 cm³/mol. The van der Waals surface area contributed by atoms with Crippen LogP contribution in [0.5, 0.6) is 0 Å². The molecule has 1 N–H and O–H groups in total. The van der Waals surface area contributed by atoms with Gasteiger partial charge in [-0.2, -0.15) is 0 Å². The highest BCUT2D eigenvalue weighted by atomic mass is 16.5. The number of rotatable bonds is 9. The number of amides is 2. The lowest BCUT2D eigenvalue weighted by Crippen LogP contribution is -2.42. The van der Waals surface area contributed by atoms with Gasteiger partial charge in [-0.1, -0.05) is 53.2 Å². The van der Waals surface area contributed by atoms with Crippen molar-refractivity contribution in [2.45, 2.75) is 20.4 Å². The SMILES string of the molecule is Cc1ccc(C)c(-c2cc(C(=O)N(CC(=O)NCCN(C)C)Cc3ccccc3)no2)c1. The summed E-state index contributed by atoms with van der Waals surface area (Å²) < 4.78 is 5.50. The van der Waals surface area contributed by atoms with Gasteiger partial charge in [0.25, 0.3) is 5.91 Å². The molecular formula is C25H30N4O3. The molecule has 0 spiro atoms. The van der Waals surface area contributed by atoms with Crippen molar-refractivity contribution in [3.8, 4) is 11.3 Å². The molecule has 3 aromatic rings. The van der Waals surface area contributed by atoms with Gasteiger partial charge < -0.3 is 19.6 Å². The molecule has 7 nitrogen and oxygen atoms in total. The molecule has 32 heavy (non-hydrogen) atoms. The van der Waals surface area contributed by atoms with Crippen LogP contribution >= 0.6 is 0 Å². The lowest BCUT2D eigenvalue weighted by molar-refractivity contribution is -0.121. The van der Waals surface area contributed by atoms with Crippen LogP contribution in [0.4, 0.5) is 0 Å². The van der Waals surface area contributed by atoms with Gasteiger partial charge in [-0.25, -0.2) is 0 Å². The molecule has 168 valence electrons. The van der Waals surface area contributed by atoms with Crippen molar-refractivity contribution in [1.82, 2.24) is 20.3 Å². The number of benzene rings is 2. The number of nitrogens with one attached hydrogen (secondary N) is 1. The largest absolute Gasteiger partial charge is 0.355 e. The third-order valence-electron chi connectivity index (χ3n) is 5.11. The Balaban J connectivity index is 1.79. The fourth-order valence-electron chi connectivity index (χ4n) is 3.32. The molecule has 0 radical (unpaired) electrons. The summed E-state index contributed by atoms with van der Waals surface area (Å²) >= 11 is 0. The molecule has 0 fully saturated rings. The first-order valence-electron chi connectivity index (χ1n) is 10.6. The molecule has 7 heteroatoms. The van der Waals surface area contributed by atoms with E-state index in [1.54, 1.807) is 6.07 Å². The highest BCUT2D eigenvalue weighted by Gasteiger charge is 2.23. The number of nitrogens with zero attached hydrogens (tertiary/aromatic N) is 3. The Morgan fingerprint density at radius 2 is 1.78 bits per heavy atom. The maximum Gasteiger partial charge on any atom is 0.276 e. The monoisotopic (exact) mass is 434 g/mol. The molecule has 0 unspecified atom stereocenters. The summed E-state index contributed by atoms with van der Waals surface area (Å²) in [5, 5.41) is 6.88. The smallest absolute Gasteiger partial charge is 0.276 e. The minimum absolute atomic E-state index is 0.0627. The first kappa shape index (κ1) is 23.2. The van der Waals surface area contributed by atoms with Crippen LogP contribution in [0.3, 0.4) is 0 Å². The molecule has 0 aliphatic rings. The number of carbonyl (C=O) groups is 2. The molecule has 3 rings (SSSR count). The van der Waals surface area contributed by atoms with Crippen molar-refractivity contribution in [2.75, 3.05) is 33.7 Å². The Morgan fingerprint density at radius 1 is 1.03 bits per heavy atom. The summed E-state index contributed by atoms with van der Waals surface area (Å²) in [6.07, 6.45) is 0. The van der Waals surface area contributed by atoms with Crippen LogP contribution < -0.4 is 5.32 Å². The van der Waals surface area contributed by atoms with E-state index in [-0.39, 0.29) is 24.1 Å². The maximum atomic E-state index is 13.3. The zero-order valence-electron chi connectivity index (χ0n) is 19.1. The zero-order chi connectivity index (χ0) is 23.1. The van der Waals surface area contributed by atoms with Crippen molar-refractivity contribution in [3.05, 3.63) is 77.0 Å². The van der Waals surface area contributed by atoms with E-state index in [0.717, 1.165) is 28.8 Å². The van der Waals surface area contributed by atoms with Gasteiger partial charge in [-0.15, -0.1) is 0 Å². The molecule has 2 amide bonds. The summed E-state index contributed by atoms with van der Waals surface area (Å²) in [7, 11) is 3.88. The number of likely N-dealkylation sites (N-methyl/N-ethyl adjacent to an activating group) is 1. The third kappa shape index (κ3) is 6.28. The lowest BCUT2D eigenvalue weighted by Gasteiger charge is -2.21. The van der Waals surface area contributed by atoms with Crippen molar-refractivity contribution in [2.24, 2.45) is 0 Å². The number of hydrogen-bond acceptors (Lipinski definition) is 5. The van der Waals surface area contributed by atoms with Gasteiger partial charge in [-0.3, -0.25) is 9.59 Å². The molecule has 0 atom stereocenters. The third-order valence-corrected chi connectivity index (χ3v) is 5.11. The van der Waals surface area contributed by atoms with Gasteiger partial charge in [0.15, 0.2) is 11.5 Å². The van der Waals surface area contributed by atoms with Gasteiger partial charge in [0.1, 0.15) is 6.54 Å². The Bertz CT molecular complexity index is 1060. The minimum atomic E-state index is -0.350. The van der Waals surface area contributed by atoms with E-state index in [9.17, 15) is 9.59 Å². The number of carbonyl (C=O) groups excluding carboxylic acids is 2. The van der Waals surface area contributed by atoms with Gasteiger partial charge in [-0.05, 0) is 45.1 Å². The van der Waals surface area contributed by atoms with E-state index < -0.39 is 0 Å². The van der Waals surface area contributed by atoms with Crippen molar-refractivity contribution in [1.29, 1.82) is 0 Å². The average molecular weight is 435 g/mol. The molecule has 1 aromatic heterocycles. The first-order chi connectivity index (χ1) is 15.3. The summed E-state index contributed by atoms with van der Waals surface area (Å²) in [5.74, 6) is -0.0315. The van der Waals surface area contributed by atoms with E-state index >= 15 is 0 Å². The van der Waals surface area contributed by atoms with Crippen molar-refractivity contribution >= 4 is 11.8 Å². The summed E-state index contributed by atoms with van der Waals surface area (Å²) in [6, 6.07) is 17.3. The first-order valence-corrected chi connectivity index (χ1v) is 10.6. The van der Waals surface area contributed by atoms with Crippen molar-refractivity contribution in [3.63, 3.8) is 0 Å². The second kappa shape index (κ2) is 10.7. The fraction of sp³-hybridized carbons (Fsp3) is 0.320. The number of aromatic nitrogens is 1. The van der Waals surface area contributed by atoms with E-state index in [1.165, 1.54) is 4.90 Å². The Labute approximate surface area is 189 Å². The zero-order valence-corrected chi connectivity index (χ0v) is 19.1. The van der Waals surface area contributed by atoms with Crippen LogP contribution in [-0.2, 0) is 11.3 Å². The van der Waals surface area contributed by atoms with E-state index in [2.05, 4.69) is 10.5 Å². The van der Waals surface area contributed by atoms with Gasteiger partial charge in [0.05, 0.1) is 0 Å². The van der Waals surface area contributed by atoms with E-state index in [1.807, 2.05) is 81.4 Å². The molecule has 2 aromatic carbocycles. The topological polar surface area (TPSA) is 78.7 Å². The molecule has 0 bridgehead atoms. The van der Waals surface area contributed by atoms with Crippen LogP contribution in [0.2, 0.25) is 0 Å². The summed E-state index contributed by atoms with van der Waals surface area (Å²) in [6.45, 7) is 5.46. The summed E-state index contributed by atoms with van der Waals surface area (Å²) in [4.78, 5) is 29.3. The minimum Gasteiger partial charge on any atom is -0.355 e. The van der Waals surface area contributed by atoms with Gasteiger partial charge >= 0.3 is 0 Å². The maximum absolute atomic E-state index is 13.3. The lowest BCUT2D eigenvalue weighted by atomic mass is 10.0. The normalized spacial score (nSPS) is 10.9.